The van der Waals surface area contributed by atoms with Crippen molar-refractivity contribution < 1.29 is 14.7 Å². The molecule has 1 amide bonds. The van der Waals surface area contributed by atoms with Crippen LogP contribution >= 0.6 is 0 Å². The van der Waals surface area contributed by atoms with Crippen molar-refractivity contribution in [2.24, 2.45) is 11.3 Å². The van der Waals surface area contributed by atoms with Gasteiger partial charge in [-0.3, -0.25) is 4.79 Å². The van der Waals surface area contributed by atoms with Crippen LogP contribution in [0.2, 0.25) is 0 Å². The summed E-state index contributed by atoms with van der Waals surface area (Å²) in [5.74, 6) is -0.691. The number of aliphatic carboxylic acids is 1. The van der Waals surface area contributed by atoms with E-state index in [0.717, 1.165) is 19.4 Å². The molecule has 1 aliphatic heterocycles. The minimum absolute atomic E-state index is 0.205. The molecule has 1 heterocycles. The molecule has 1 saturated heterocycles. The predicted octanol–water partition coefficient (Wildman–Crippen LogP) is 0.990. The maximum Gasteiger partial charge on any atom is 0.326 e. The van der Waals surface area contributed by atoms with Gasteiger partial charge in [-0.15, -0.1) is 0 Å². The lowest BCUT2D eigenvalue weighted by atomic mass is 9.86. The fourth-order valence-corrected chi connectivity index (χ4v) is 2.20. The summed E-state index contributed by atoms with van der Waals surface area (Å²) in [6.07, 6.45) is 1.83. The van der Waals surface area contributed by atoms with Crippen LogP contribution in [-0.2, 0) is 9.59 Å². The molecule has 1 aliphatic rings. The van der Waals surface area contributed by atoms with Gasteiger partial charge in [0, 0.05) is 0 Å². The van der Waals surface area contributed by atoms with E-state index in [0.29, 0.717) is 5.92 Å². The summed E-state index contributed by atoms with van der Waals surface area (Å²) < 4.78 is 0. The van der Waals surface area contributed by atoms with Gasteiger partial charge in [0.1, 0.15) is 6.04 Å². The van der Waals surface area contributed by atoms with E-state index >= 15 is 0 Å². The van der Waals surface area contributed by atoms with Crippen LogP contribution in [0.3, 0.4) is 0 Å². The average Bonchev–Trinajstić information content (AvgIpc) is 2.23. The van der Waals surface area contributed by atoms with Gasteiger partial charge in [0.2, 0.25) is 5.91 Å². The monoisotopic (exact) mass is 256 g/mol. The molecular weight excluding hydrogens is 232 g/mol. The third kappa shape index (κ3) is 3.98. The third-order valence-electron chi connectivity index (χ3n) is 3.38. The summed E-state index contributed by atoms with van der Waals surface area (Å²) in [4.78, 5) is 23.3. The molecule has 5 nitrogen and oxygen atoms in total. The van der Waals surface area contributed by atoms with Gasteiger partial charge >= 0.3 is 5.97 Å². The second-order valence-corrected chi connectivity index (χ2v) is 6.28. The molecular formula is C13H24N2O3. The second kappa shape index (κ2) is 5.69. The molecule has 0 spiro atoms. The Morgan fingerprint density at radius 3 is 2.44 bits per heavy atom. The fraction of sp³-hybridized carbons (Fsp3) is 0.846. The highest BCUT2D eigenvalue weighted by Crippen LogP contribution is 2.21. The Hall–Kier alpha value is -1.10. The summed E-state index contributed by atoms with van der Waals surface area (Å²) in [6, 6.07) is -1.12. The highest BCUT2D eigenvalue weighted by atomic mass is 16.4. The molecule has 104 valence electrons. The number of piperidine rings is 1. The molecule has 1 fully saturated rings. The zero-order valence-electron chi connectivity index (χ0n) is 11.6. The van der Waals surface area contributed by atoms with E-state index in [1.807, 2.05) is 20.8 Å². The maximum absolute atomic E-state index is 12.1. The molecule has 1 rings (SSSR count). The highest BCUT2D eigenvalue weighted by molar-refractivity contribution is 5.87. The van der Waals surface area contributed by atoms with Crippen molar-refractivity contribution in [2.75, 3.05) is 6.54 Å². The normalized spacial score (nSPS) is 26.4. The van der Waals surface area contributed by atoms with Gasteiger partial charge < -0.3 is 15.7 Å². The third-order valence-corrected chi connectivity index (χ3v) is 3.38. The van der Waals surface area contributed by atoms with Gasteiger partial charge in [-0.05, 0) is 30.7 Å². The lowest BCUT2D eigenvalue weighted by Gasteiger charge is -2.32. The number of carbonyl (C=O) groups excluding carboxylic acids is 1. The van der Waals surface area contributed by atoms with Crippen LogP contribution in [0.4, 0.5) is 0 Å². The molecule has 5 heteroatoms. The fourth-order valence-electron chi connectivity index (χ4n) is 2.20. The number of hydrogen-bond donors (Lipinski definition) is 3. The maximum atomic E-state index is 12.1. The molecule has 0 aliphatic carbocycles. The van der Waals surface area contributed by atoms with E-state index < -0.39 is 17.4 Å². The van der Waals surface area contributed by atoms with Crippen LogP contribution in [0.5, 0.6) is 0 Å². The summed E-state index contributed by atoms with van der Waals surface area (Å²) in [5, 5.41) is 15.0. The number of nitrogens with one attached hydrogen (secondary N) is 2. The predicted molar refractivity (Wildman–Crippen MR) is 69.2 cm³/mol. The van der Waals surface area contributed by atoms with Gasteiger partial charge in [0.05, 0.1) is 6.04 Å². The van der Waals surface area contributed by atoms with Gasteiger partial charge in [-0.1, -0.05) is 27.7 Å². The van der Waals surface area contributed by atoms with Gasteiger partial charge in [0.25, 0.3) is 0 Å². The molecule has 0 aromatic heterocycles. The van der Waals surface area contributed by atoms with Crippen molar-refractivity contribution in [2.45, 2.75) is 52.6 Å². The number of carbonyl (C=O) groups is 2. The number of amides is 1. The molecule has 0 aromatic carbocycles. The highest BCUT2D eigenvalue weighted by Gasteiger charge is 2.35. The van der Waals surface area contributed by atoms with Crippen molar-refractivity contribution in [1.29, 1.82) is 0 Å². The van der Waals surface area contributed by atoms with Gasteiger partial charge in [-0.2, -0.15) is 0 Å². The quantitative estimate of drug-likeness (QED) is 0.703. The topological polar surface area (TPSA) is 78.4 Å². The number of hydrogen-bond acceptors (Lipinski definition) is 3. The number of carboxylic acid groups (broad SMARTS) is 1. The molecule has 2 unspecified atom stereocenters. The zero-order valence-corrected chi connectivity index (χ0v) is 11.6. The molecule has 0 saturated carbocycles. The Balaban J connectivity index is 2.64. The molecule has 0 radical (unpaired) electrons. The Morgan fingerprint density at radius 1 is 1.39 bits per heavy atom. The molecule has 0 aromatic rings. The van der Waals surface area contributed by atoms with Gasteiger partial charge in [-0.25, -0.2) is 4.79 Å². The van der Waals surface area contributed by atoms with Crippen LogP contribution in [0.25, 0.3) is 0 Å². The average molecular weight is 256 g/mol. The van der Waals surface area contributed by atoms with Crippen LogP contribution in [0.1, 0.15) is 40.5 Å². The minimum Gasteiger partial charge on any atom is -0.480 e. The first kappa shape index (κ1) is 15.0. The van der Waals surface area contributed by atoms with Crippen molar-refractivity contribution in [3.8, 4) is 0 Å². The van der Waals surface area contributed by atoms with E-state index in [-0.39, 0.29) is 11.9 Å². The Labute approximate surface area is 108 Å². The zero-order chi connectivity index (χ0) is 13.9. The lowest BCUT2D eigenvalue weighted by Crippen LogP contribution is -2.56. The second-order valence-electron chi connectivity index (χ2n) is 6.28. The molecule has 3 N–H and O–H groups in total. The van der Waals surface area contributed by atoms with E-state index in [1.54, 1.807) is 0 Å². The lowest BCUT2D eigenvalue weighted by molar-refractivity contribution is -0.145. The van der Waals surface area contributed by atoms with Crippen molar-refractivity contribution in [3.63, 3.8) is 0 Å². The Morgan fingerprint density at radius 2 is 2.00 bits per heavy atom. The van der Waals surface area contributed by atoms with E-state index in [2.05, 4.69) is 17.6 Å². The number of rotatable bonds is 3. The Kier molecular flexibility index (Phi) is 4.73. The van der Waals surface area contributed by atoms with Crippen LogP contribution in [-0.4, -0.2) is 35.6 Å². The van der Waals surface area contributed by atoms with Crippen LogP contribution < -0.4 is 10.6 Å². The summed E-state index contributed by atoms with van der Waals surface area (Å²) in [5.41, 5.74) is -0.498. The standard InChI is InChI=1S/C13H24N2O3/c1-8-5-6-14-9(7-8)11(16)15-10(12(17)18)13(2,3)4/h8-10,14H,5-7H2,1-4H3,(H,15,16)(H,17,18)/t8?,9?,10-/m1/s1. The number of carboxylic acids is 1. The van der Waals surface area contributed by atoms with E-state index in [9.17, 15) is 14.7 Å². The van der Waals surface area contributed by atoms with Crippen LogP contribution in [0, 0.1) is 11.3 Å². The SMILES string of the molecule is CC1CCNC(C(=O)N[C@H](C(=O)O)C(C)(C)C)C1. The Bertz CT molecular complexity index is 323. The van der Waals surface area contributed by atoms with Crippen molar-refractivity contribution >= 4 is 11.9 Å². The summed E-state index contributed by atoms with van der Waals surface area (Å²) >= 11 is 0. The first-order chi connectivity index (χ1) is 8.21. The smallest absolute Gasteiger partial charge is 0.326 e. The summed E-state index contributed by atoms with van der Waals surface area (Å²) in [7, 11) is 0. The van der Waals surface area contributed by atoms with Crippen molar-refractivity contribution in [1.82, 2.24) is 10.6 Å². The summed E-state index contributed by atoms with van der Waals surface area (Å²) in [6.45, 7) is 8.35. The minimum atomic E-state index is -0.986. The first-order valence-corrected chi connectivity index (χ1v) is 6.48. The molecule has 0 bridgehead atoms. The molecule has 3 atom stereocenters. The van der Waals surface area contributed by atoms with Gasteiger partial charge in [0.15, 0.2) is 0 Å². The van der Waals surface area contributed by atoms with Crippen LogP contribution in [0.15, 0.2) is 0 Å². The van der Waals surface area contributed by atoms with E-state index in [1.165, 1.54) is 0 Å². The largest absolute Gasteiger partial charge is 0.480 e. The van der Waals surface area contributed by atoms with E-state index in [4.69, 9.17) is 0 Å². The molecule has 18 heavy (non-hydrogen) atoms. The van der Waals surface area contributed by atoms with Crippen molar-refractivity contribution in [3.05, 3.63) is 0 Å². The first-order valence-electron chi connectivity index (χ1n) is 6.48.